The summed E-state index contributed by atoms with van der Waals surface area (Å²) in [5.41, 5.74) is 5.01. The van der Waals surface area contributed by atoms with Crippen LogP contribution >= 0.6 is 23.5 Å². The molecule has 0 radical (unpaired) electrons. The number of hydrogen-bond donors (Lipinski definition) is 2. The second-order valence-electron chi connectivity index (χ2n) is 14.7. The highest BCUT2D eigenvalue weighted by atomic mass is 32.2. The maximum absolute atomic E-state index is 10.4. The molecule has 1 heterocycles. The van der Waals surface area contributed by atoms with Gasteiger partial charge < -0.3 is 10.2 Å². The molecule has 0 spiro atoms. The van der Waals surface area contributed by atoms with Gasteiger partial charge >= 0.3 is 0 Å². The van der Waals surface area contributed by atoms with Crippen LogP contribution in [0.25, 0.3) is 0 Å². The lowest BCUT2D eigenvalue weighted by Gasteiger charge is -2.32. The minimum atomic E-state index is -0.165. The van der Waals surface area contributed by atoms with Gasteiger partial charge in [0, 0.05) is 10.8 Å². The van der Waals surface area contributed by atoms with Gasteiger partial charge in [0.15, 0.2) is 0 Å². The fourth-order valence-electron chi connectivity index (χ4n) is 6.70. The first-order valence-electron chi connectivity index (χ1n) is 17.2. The second-order valence-corrected chi connectivity index (χ2v) is 17.5. The van der Waals surface area contributed by atoms with Gasteiger partial charge in [0.1, 0.15) is 0 Å². The quantitative estimate of drug-likeness (QED) is 0.152. The first-order chi connectivity index (χ1) is 20.6. The molecule has 2 atom stereocenters. The maximum Gasteiger partial charge on any atom is 0.0530 e. The number of benzene rings is 2. The van der Waals surface area contributed by atoms with Gasteiger partial charge in [-0.3, -0.25) is 0 Å². The van der Waals surface area contributed by atoms with Crippen LogP contribution in [0.15, 0.2) is 48.5 Å². The highest BCUT2D eigenvalue weighted by Gasteiger charge is 2.29. The standard InChI is InChI=1S/C39H62O2S2/c1-30(2)26-32-14-18-35(19-15-32)38(5,28-40)22-9-7-12-34(37-42-24-11-25-43-37)13-8-10-23-39(6,29-41)36-20-16-33(17-21-36)27-31(3)4/h14-21,30-31,34,37,40-41H,7-13,22-29H2,1-6H3. The van der Waals surface area contributed by atoms with Crippen molar-refractivity contribution in [3.8, 4) is 0 Å². The third-order valence-electron chi connectivity index (χ3n) is 9.63. The second kappa shape index (κ2) is 18.3. The Morgan fingerprint density at radius 1 is 0.651 bits per heavy atom. The van der Waals surface area contributed by atoms with E-state index in [0.717, 1.165) is 36.2 Å². The van der Waals surface area contributed by atoms with Crippen molar-refractivity contribution in [3.05, 3.63) is 70.8 Å². The number of aliphatic hydroxyl groups excluding tert-OH is 2. The molecule has 0 aromatic heterocycles. The molecule has 2 N–H and O–H groups in total. The Labute approximate surface area is 273 Å². The van der Waals surface area contributed by atoms with E-state index in [9.17, 15) is 10.2 Å². The maximum atomic E-state index is 10.4. The summed E-state index contributed by atoms with van der Waals surface area (Å²) in [6.07, 6.45) is 13.0. The number of rotatable bonds is 19. The molecular formula is C39H62O2S2. The minimum Gasteiger partial charge on any atom is -0.395 e. The van der Waals surface area contributed by atoms with E-state index in [-0.39, 0.29) is 24.0 Å². The van der Waals surface area contributed by atoms with Crippen molar-refractivity contribution in [2.24, 2.45) is 17.8 Å². The van der Waals surface area contributed by atoms with E-state index in [1.54, 1.807) is 0 Å². The smallest absolute Gasteiger partial charge is 0.0530 e. The molecule has 3 rings (SSSR count). The lowest BCUT2D eigenvalue weighted by molar-refractivity contribution is 0.191. The van der Waals surface area contributed by atoms with Crippen LogP contribution in [-0.2, 0) is 23.7 Å². The van der Waals surface area contributed by atoms with Crippen molar-refractivity contribution in [2.75, 3.05) is 24.7 Å². The highest BCUT2D eigenvalue weighted by molar-refractivity contribution is 8.17. The third kappa shape index (κ3) is 11.7. The van der Waals surface area contributed by atoms with E-state index in [1.807, 2.05) is 0 Å². The van der Waals surface area contributed by atoms with Gasteiger partial charge in [-0.1, -0.05) is 116 Å². The first-order valence-corrected chi connectivity index (χ1v) is 19.3. The number of hydrogen-bond acceptors (Lipinski definition) is 4. The van der Waals surface area contributed by atoms with Gasteiger partial charge in [-0.2, -0.15) is 0 Å². The zero-order valence-electron chi connectivity index (χ0n) is 28.2. The van der Waals surface area contributed by atoms with Crippen LogP contribution in [0.1, 0.15) is 122 Å². The van der Waals surface area contributed by atoms with E-state index in [0.29, 0.717) is 11.8 Å². The van der Waals surface area contributed by atoms with Gasteiger partial charge in [-0.05, 0) is 96.5 Å². The van der Waals surface area contributed by atoms with Crippen molar-refractivity contribution in [1.29, 1.82) is 0 Å². The largest absolute Gasteiger partial charge is 0.395 e. The Balaban J connectivity index is 1.51. The van der Waals surface area contributed by atoms with E-state index >= 15 is 0 Å². The molecule has 1 aliphatic heterocycles. The highest BCUT2D eigenvalue weighted by Crippen LogP contribution is 2.41. The number of aliphatic hydroxyl groups is 2. The predicted octanol–water partition coefficient (Wildman–Crippen LogP) is 10.2. The molecule has 2 nitrogen and oxygen atoms in total. The van der Waals surface area contributed by atoms with Gasteiger partial charge in [0.2, 0.25) is 0 Å². The summed E-state index contributed by atoms with van der Waals surface area (Å²) in [7, 11) is 0. The summed E-state index contributed by atoms with van der Waals surface area (Å²) in [5.74, 6) is 4.68. The van der Waals surface area contributed by atoms with Gasteiger partial charge in [-0.15, -0.1) is 23.5 Å². The fraction of sp³-hybridized carbons (Fsp3) is 0.692. The summed E-state index contributed by atoms with van der Waals surface area (Å²) in [5, 5.41) is 20.8. The van der Waals surface area contributed by atoms with E-state index in [2.05, 4.69) is 114 Å². The van der Waals surface area contributed by atoms with Crippen molar-refractivity contribution < 1.29 is 10.2 Å². The molecule has 0 amide bonds. The van der Waals surface area contributed by atoms with Crippen molar-refractivity contribution in [2.45, 2.75) is 128 Å². The molecule has 2 aromatic carbocycles. The molecule has 4 heteroatoms. The Hall–Kier alpha value is -0.940. The lowest BCUT2D eigenvalue weighted by atomic mass is 9.77. The number of unbranched alkanes of at least 4 members (excludes halogenated alkanes) is 2. The lowest BCUT2D eigenvalue weighted by Crippen LogP contribution is -2.27. The van der Waals surface area contributed by atoms with E-state index in [1.165, 1.54) is 78.7 Å². The predicted molar refractivity (Wildman–Crippen MR) is 193 cm³/mol. The molecule has 43 heavy (non-hydrogen) atoms. The van der Waals surface area contributed by atoms with Gasteiger partial charge in [0.25, 0.3) is 0 Å². The average molecular weight is 627 g/mol. The van der Waals surface area contributed by atoms with Crippen LogP contribution in [-0.4, -0.2) is 39.5 Å². The van der Waals surface area contributed by atoms with Crippen molar-refractivity contribution in [1.82, 2.24) is 0 Å². The van der Waals surface area contributed by atoms with Crippen molar-refractivity contribution >= 4 is 23.5 Å². The van der Waals surface area contributed by atoms with Crippen molar-refractivity contribution in [3.63, 3.8) is 0 Å². The molecule has 242 valence electrons. The number of thioether (sulfide) groups is 2. The SMILES string of the molecule is CC(C)Cc1ccc(C(C)(CO)CCCCC(CCCCC(C)(CO)c2ccc(CC(C)C)cc2)C2SCCCS2)cc1. The molecule has 2 unspecified atom stereocenters. The summed E-state index contributed by atoms with van der Waals surface area (Å²) in [6.45, 7) is 14.0. The van der Waals surface area contributed by atoms with Crippen LogP contribution in [0.3, 0.4) is 0 Å². The van der Waals surface area contributed by atoms with E-state index < -0.39 is 0 Å². The topological polar surface area (TPSA) is 40.5 Å². The monoisotopic (exact) mass is 626 g/mol. The van der Waals surface area contributed by atoms with Gasteiger partial charge in [-0.25, -0.2) is 0 Å². The first kappa shape index (κ1) is 36.5. The molecule has 2 aromatic rings. The minimum absolute atomic E-state index is 0.165. The Bertz CT molecular complexity index is 953. The summed E-state index contributed by atoms with van der Waals surface area (Å²) in [6, 6.07) is 18.1. The van der Waals surface area contributed by atoms with Crippen LogP contribution in [0.2, 0.25) is 0 Å². The zero-order valence-corrected chi connectivity index (χ0v) is 29.9. The van der Waals surface area contributed by atoms with Crippen LogP contribution in [0, 0.1) is 17.8 Å². The molecule has 1 aliphatic rings. The summed E-state index contributed by atoms with van der Waals surface area (Å²) >= 11 is 4.39. The van der Waals surface area contributed by atoms with Crippen LogP contribution in [0.4, 0.5) is 0 Å². The van der Waals surface area contributed by atoms with Gasteiger partial charge in [0.05, 0.1) is 17.8 Å². The third-order valence-corrected chi connectivity index (χ3v) is 12.9. The Kier molecular flexibility index (Phi) is 15.5. The average Bonchev–Trinajstić information content (AvgIpc) is 3.00. The molecular weight excluding hydrogens is 565 g/mol. The van der Waals surface area contributed by atoms with Crippen LogP contribution < -0.4 is 0 Å². The molecule has 0 saturated carbocycles. The zero-order chi connectivity index (χ0) is 31.3. The summed E-state index contributed by atoms with van der Waals surface area (Å²) in [4.78, 5) is 0. The van der Waals surface area contributed by atoms with E-state index in [4.69, 9.17) is 0 Å². The molecule has 0 aliphatic carbocycles. The molecule has 1 saturated heterocycles. The van der Waals surface area contributed by atoms with Crippen LogP contribution in [0.5, 0.6) is 0 Å². The molecule has 0 bridgehead atoms. The fourth-order valence-corrected chi connectivity index (χ4v) is 10.0. The molecule has 1 fully saturated rings. The normalized spacial score (nSPS) is 18.1. The Morgan fingerprint density at radius 3 is 1.40 bits per heavy atom. The summed E-state index contributed by atoms with van der Waals surface area (Å²) < 4.78 is 0.726. The Morgan fingerprint density at radius 2 is 1.05 bits per heavy atom.